The first-order chi connectivity index (χ1) is 8.24. The van der Waals surface area contributed by atoms with Crippen LogP contribution in [0.2, 0.25) is 0 Å². The number of hydrogen-bond donors (Lipinski definition) is 0. The zero-order chi connectivity index (χ0) is 12.3. The molecule has 0 bridgehead atoms. The van der Waals surface area contributed by atoms with Crippen LogP contribution in [0.5, 0.6) is 0 Å². The topological polar surface area (TPSA) is 33.2 Å². The quantitative estimate of drug-likeness (QED) is 0.775. The Morgan fingerprint density at radius 2 is 2.53 bits per heavy atom. The van der Waals surface area contributed by atoms with Gasteiger partial charge in [-0.3, -0.25) is 9.78 Å². The van der Waals surface area contributed by atoms with Crippen molar-refractivity contribution in [3.63, 3.8) is 0 Å². The van der Waals surface area contributed by atoms with Gasteiger partial charge in [0.1, 0.15) is 5.38 Å². The van der Waals surface area contributed by atoms with E-state index in [9.17, 15) is 4.79 Å². The first-order valence-electron chi connectivity index (χ1n) is 6.08. The highest BCUT2D eigenvalue weighted by molar-refractivity contribution is 6.30. The summed E-state index contributed by atoms with van der Waals surface area (Å²) in [5.74, 6) is 0.0560. The molecule has 2 rings (SSSR count). The maximum atomic E-state index is 12.1. The monoisotopic (exact) mass is 252 g/mol. The van der Waals surface area contributed by atoms with Crippen LogP contribution in [0.1, 0.15) is 37.8 Å². The third-order valence-corrected chi connectivity index (χ3v) is 3.73. The van der Waals surface area contributed by atoms with Crippen molar-refractivity contribution in [2.24, 2.45) is 0 Å². The summed E-state index contributed by atoms with van der Waals surface area (Å²) in [5.41, 5.74) is 1.11. The maximum absolute atomic E-state index is 12.1. The molecule has 1 aliphatic heterocycles. The molecule has 1 amide bonds. The van der Waals surface area contributed by atoms with E-state index in [1.54, 1.807) is 6.20 Å². The first-order valence-corrected chi connectivity index (χ1v) is 6.52. The third-order valence-electron chi connectivity index (χ3n) is 3.23. The SMILES string of the molecule is CCC(Cl)C(=O)N1CCCC1c1cccnc1. The van der Waals surface area contributed by atoms with Crippen molar-refractivity contribution in [3.05, 3.63) is 30.1 Å². The van der Waals surface area contributed by atoms with Gasteiger partial charge in [-0.2, -0.15) is 0 Å². The Morgan fingerprint density at radius 3 is 3.18 bits per heavy atom. The summed E-state index contributed by atoms with van der Waals surface area (Å²) in [4.78, 5) is 18.2. The fourth-order valence-corrected chi connectivity index (χ4v) is 2.43. The number of carbonyl (C=O) groups excluding carboxylic acids is 1. The molecule has 0 N–H and O–H groups in total. The van der Waals surface area contributed by atoms with Gasteiger partial charge in [0.05, 0.1) is 6.04 Å². The molecule has 2 heterocycles. The maximum Gasteiger partial charge on any atom is 0.241 e. The highest BCUT2D eigenvalue weighted by Gasteiger charge is 2.32. The highest BCUT2D eigenvalue weighted by Crippen LogP contribution is 2.32. The number of carbonyl (C=O) groups is 1. The van der Waals surface area contributed by atoms with Gasteiger partial charge < -0.3 is 4.90 Å². The van der Waals surface area contributed by atoms with Gasteiger partial charge in [-0.1, -0.05) is 13.0 Å². The van der Waals surface area contributed by atoms with Crippen molar-refractivity contribution in [1.82, 2.24) is 9.88 Å². The lowest BCUT2D eigenvalue weighted by molar-refractivity contribution is -0.131. The zero-order valence-corrected chi connectivity index (χ0v) is 10.7. The van der Waals surface area contributed by atoms with Gasteiger partial charge in [-0.15, -0.1) is 11.6 Å². The van der Waals surface area contributed by atoms with E-state index in [4.69, 9.17) is 11.6 Å². The van der Waals surface area contributed by atoms with Crippen molar-refractivity contribution in [2.75, 3.05) is 6.54 Å². The van der Waals surface area contributed by atoms with Crippen LogP contribution in [0.3, 0.4) is 0 Å². The molecule has 1 aromatic rings. The normalized spacial score (nSPS) is 21.5. The van der Waals surface area contributed by atoms with Gasteiger partial charge in [0.2, 0.25) is 5.91 Å². The average Bonchev–Trinajstić information content (AvgIpc) is 2.87. The molecule has 1 saturated heterocycles. The second kappa shape index (κ2) is 5.50. The Bertz CT molecular complexity index is 382. The summed E-state index contributed by atoms with van der Waals surface area (Å²) >= 11 is 6.04. The highest BCUT2D eigenvalue weighted by atomic mass is 35.5. The van der Waals surface area contributed by atoms with Crippen LogP contribution in [-0.4, -0.2) is 27.7 Å². The minimum atomic E-state index is -0.396. The van der Waals surface area contributed by atoms with E-state index in [1.807, 2.05) is 30.2 Å². The molecule has 0 radical (unpaired) electrons. The van der Waals surface area contributed by atoms with E-state index in [0.717, 1.165) is 24.9 Å². The smallest absolute Gasteiger partial charge is 0.241 e. The Kier molecular flexibility index (Phi) is 4.00. The van der Waals surface area contributed by atoms with Crippen LogP contribution in [0.25, 0.3) is 0 Å². The Morgan fingerprint density at radius 1 is 1.71 bits per heavy atom. The number of alkyl halides is 1. The van der Waals surface area contributed by atoms with Crippen molar-refractivity contribution in [3.8, 4) is 0 Å². The molecule has 3 nitrogen and oxygen atoms in total. The van der Waals surface area contributed by atoms with Gasteiger partial charge in [0, 0.05) is 18.9 Å². The van der Waals surface area contributed by atoms with Crippen LogP contribution in [-0.2, 0) is 4.79 Å². The minimum absolute atomic E-state index is 0.0560. The second-order valence-corrected chi connectivity index (χ2v) is 4.88. The summed E-state index contributed by atoms with van der Waals surface area (Å²) < 4.78 is 0. The molecule has 17 heavy (non-hydrogen) atoms. The van der Waals surface area contributed by atoms with Gasteiger partial charge in [-0.25, -0.2) is 0 Å². The molecule has 0 aliphatic carbocycles. The number of nitrogens with zero attached hydrogens (tertiary/aromatic N) is 2. The van der Waals surface area contributed by atoms with E-state index in [0.29, 0.717) is 6.42 Å². The Hall–Kier alpha value is -1.09. The summed E-state index contributed by atoms with van der Waals surface area (Å²) in [6, 6.07) is 4.09. The molecule has 1 aromatic heterocycles. The first kappa shape index (κ1) is 12.4. The number of halogens is 1. The molecule has 0 aromatic carbocycles. The molecular weight excluding hydrogens is 236 g/mol. The van der Waals surface area contributed by atoms with Crippen molar-refractivity contribution in [2.45, 2.75) is 37.6 Å². The minimum Gasteiger partial charge on any atom is -0.334 e. The lowest BCUT2D eigenvalue weighted by Crippen LogP contribution is -2.36. The van der Waals surface area contributed by atoms with Crippen LogP contribution in [0.4, 0.5) is 0 Å². The number of rotatable bonds is 3. The zero-order valence-electron chi connectivity index (χ0n) is 9.97. The van der Waals surface area contributed by atoms with Gasteiger partial charge in [-0.05, 0) is 30.9 Å². The van der Waals surface area contributed by atoms with E-state index < -0.39 is 5.38 Å². The second-order valence-electron chi connectivity index (χ2n) is 4.35. The summed E-state index contributed by atoms with van der Waals surface area (Å²) in [7, 11) is 0. The summed E-state index contributed by atoms with van der Waals surface area (Å²) in [6.45, 7) is 2.74. The Balaban J connectivity index is 2.15. The van der Waals surface area contributed by atoms with E-state index in [1.165, 1.54) is 0 Å². The lowest BCUT2D eigenvalue weighted by atomic mass is 10.1. The number of aromatic nitrogens is 1. The van der Waals surface area contributed by atoms with E-state index in [2.05, 4.69) is 4.98 Å². The van der Waals surface area contributed by atoms with Gasteiger partial charge >= 0.3 is 0 Å². The van der Waals surface area contributed by atoms with E-state index in [-0.39, 0.29) is 11.9 Å². The molecule has 0 saturated carbocycles. The predicted octanol–water partition coefficient (Wildman–Crippen LogP) is 2.76. The standard InChI is InChI=1S/C13H17ClN2O/c1-2-11(14)13(17)16-8-4-6-12(16)10-5-3-7-15-9-10/h3,5,7,9,11-12H,2,4,6,8H2,1H3. The Labute approximate surface area is 107 Å². The predicted molar refractivity (Wildman–Crippen MR) is 67.9 cm³/mol. The van der Waals surface area contributed by atoms with Crippen LogP contribution < -0.4 is 0 Å². The number of pyridine rings is 1. The molecule has 92 valence electrons. The van der Waals surface area contributed by atoms with Crippen LogP contribution in [0.15, 0.2) is 24.5 Å². The molecule has 1 fully saturated rings. The molecule has 1 aliphatic rings. The van der Waals surface area contributed by atoms with Crippen molar-refractivity contribution >= 4 is 17.5 Å². The molecule has 2 atom stereocenters. The summed E-state index contributed by atoms with van der Waals surface area (Å²) in [6.07, 6.45) is 6.31. The lowest BCUT2D eigenvalue weighted by Gasteiger charge is -2.26. The molecule has 0 spiro atoms. The fourth-order valence-electron chi connectivity index (χ4n) is 2.30. The molecule has 2 unspecified atom stereocenters. The van der Waals surface area contributed by atoms with E-state index >= 15 is 0 Å². The fraction of sp³-hybridized carbons (Fsp3) is 0.538. The average molecular weight is 253 g/mol. The van der Waals surface area contributed by atoms with Crippen molar-refractivity contribution in [1.29, 1.82) is 0 Å². The van der Waals surface area contributed by atoms with Crippen LogP contribution in [0, 0.1) is 0 Å². The van der Waals surface area contributed by atoms with Crippen molar-refractivity contribution < 1.29 is 4.79 Å². The number of hydrogen-bond acceptors (Lipinski definition) is 2. The van der Waals surface area contributed by atoms with Crippen LogP contribution >= 0.6 is 11.6 Å². The van der Waals surface area contributed by atoms with Gasteiger partial charge in [0.25, 0.3) is 0 Å². The molecular formula is C13H17ClN2O. The number of likely N-dealkylation sites (tertiary alicyclic amines) is 1. The van der Waals surface area contributed by atoms with Gasteiger partial charge in [0.15, 0.2) is 0 Å². The molecule has 4 heteroatoms. The third kappa shape index (κ3) is 2.60. The number of amides is 1. The largest absolute Gasteiger partial charge is 0.334 e. The summed E-state index contributed by atoms with van der Waals surface area (Å²) in [5, 5.41) is -0.396.